The van der Waals surface area contributed by atoms with Gasteiger partial charge in [-0.15, -0.1) is 11.1 Å². The molecule has 0 unspecified atom stereocenters. The van der Waals surface area contributed by atoms with Gasteiger partial charge in [-0.1, -0.05) is 80.1 Å². The quantitative estimate of drug-likeness (QED) is 0.297. The molecule has 151 valence electrons. The summed E-state index contributed by atoms with van der Waals surface area (Å²) in [6.07, 6.45) is 10.4. The molecule has 1 saturated carbocycles. The van der Waals surface area contributed by atoms with E-state index in [4.69, 9.17) is 0 Å². The van der Waals surface area contributed by atoms with Crippen molar-refractivity contribution in [1.82, 2.24) is 4.90 Å². The van der Waals surface area contributed by atoms with Gasteiger partial charge in [-0.3, -0.25) is 6.67 Å². The molecule has 1 fully saturated rings. The second-order valence-electron chi connectivity index (χ2n) is 9.25. The van der Waals surface area contributed by atoms with E-state index in [2.05, 4.69) is 71.2 Å². The molecule has 0 atom stereocenters. The fourth-order valence-electron chi connectivity index (χ4n) is 2.62. The zero-order valence-corrected chi connectivity index (χ0v) is 22.5. The molecule has 0 bridgehead atoms. The molecule has 0 aliphatic heterocycles. The van der Waals surface area contributed by atoms with Gasteiger partial charge in [0.1, 0.15) is 0 Å². The topological polar surface area (TPSA) is 31.4 Å². The van der Waals surface area contributed by atoms with Gasteiger partial charge in [-0.25, -0.2) is 0 Å². The SMILES string of the molecule is CC(C)(C)[N-]C[N-]C(C)(C)C.CN(C)CCCCC1CCCC1.[CH3-].[La]. The predicted octanol–water partition coefficient (Wildman–Crippen LogP) is 6.65. The van der Waals surface area contributed by atoms with Crippen molar-refractivity contribution in [2.75, 3.05) is 27.3 Å². The Bertz CT molecular complexity index is 260. The number of hydrogen-bond donors (Lipinski definition) is 0. The molecule has 1 radical (unpaired) electrons. The van der Waals surface area contributed by atoms with Gasteiger partial charge < -0.3 is 23.0 Å². The second-order valence-corrected chi connectivity index (χ2v) is 9.25. The smallest absolute Gasteiger partial charge is 0 e. The predicted molar refractivity (Wildman–Crippen MR) is 112 cm³/mol. The molecule has 0 spiro atoms. The largest absolute Gasteiger partial charge is 0.676 e. The standard InChI is InChI=1S/C11H23N.C9H20N2.CH3.La/c1-12(2)10-6-5-9-11-7-3-4-8-11;1-8(2,3)10-7-11-9(4,5)6;;/h11H,3-10H2,1-2H3;7H2,1-6H3;1H3;/q;-2;-1;. The van der Waals surface area contributed by atoms with E-state index in [1.54, 1.807) is 0 Å². The summed E-state index contributed by atoms with van der Waals surface area (Å²) in [7, 11) is 4.32. The molecule has 1 aliphatic carbocycles. The van der Waals surface area contributed by atoms with Crippen LogP contribution < -0.4 is 0 Å². The number of unbranched alkanes of at least 4 members (excludes halogenated alkanes) is 1. The molecule has 3 nitrogen and oxygen atoms in total. The molecular formula is C21H46LaN3-3. The third kappa shape index (κ3) is 25.1. The molecule has 0 aromatic rings. The molecule has 4 heteroatoms. The Morgan fingerprint density at radius 3 is 1.64 bits per heavy atom. The van der Waals surface area contributed by atoms with E-state index in [1.165, 1.54) is 51.5 Å². The summed E-state index contributed by atoms with van der Waals surface area (Å²) in [6.45, 7) is 14.4. The third-order valence-electron chi connectivity index (χ3n) is 4.03. The molecular weight excluding hydrogens is 433 g/mol. The molecule has 0 aromatic heterocycles. The molecule has 25 heavy (non-hydrogen) atoms. The van der Waals surface area contributed by atoms with E-state index in [1.807, 2.05) is 0 Å². The minimum atomic E-state index is 0. The van der Waals surface area contributed by atoms with Gasteiger partial charge in [-0.2, -0.15) is 0 Å². The molecule has 0 heterocycles. The number of rotatable bonds is 7. The van der Waals surface area contributed by atoms with Crippen LogP contribution in [0.15, 0.2) is 0 Å². The Morgan fingerprint density at radius 2 is 1.28 bits per heavy atom. The van der Waals surface area contributed by atoms with Crippen molar-refractivity contribution in [3.8, 4) is 0 Å². The average Bonchev–Trinajstić information content (AvgIpc) is 2.85. The average molecular weight is 480 g/mol. The van der Waals surface area contributed by atoms with Crippen molar-refractivity contribution < 1.29 is 35.6 Å². The van der Waals surface area contributed by atoms with Gasteiger partial charge in [0.2, 0.25) is 0 Å². The van der Waals surface area contributed by atoms with Crippen molar-refractivity contribution in [3.63, 3.8) is 0 Å². The van der Waals surface area contributed by atoms with E-state index in [0.29, 0.717) is 6.67 Å². The first-order chi connectivity index (χ1) is 10.5. The summed E-state index contributed by atoms with van der Waals surface area (Å²) in [4.78, 5) is 2.29. The number of nitrogens with zero attached hydrogens (tertiary/aromatic N) is 3. The van der Waals surface area contributed by atoms with Crippen LogP contribution in [0.4, 0.5) is 0 Å². The molecule has 0 N–H and O–H groups in total. The summed E-state index contributed by atoms with van der Waals surface area (Å²) in [6, 6.07) is 0. The summed E-state index contributed by atoms with van der Waals surface area (Å²) < 4.78 is 0. The number of hydrogen-bond acceptors (Lipinski definition) is 1. The first-order valence-electron chi connectivity index (χ1n) is 9.52. The Hall–Kier alpha value is 1.07. The van der Waals surface area contributed by atoms with Crippen LogP contribution in [0.1, 0.15) is 86.5 Å². The molecule has 0 saturated heterocycles. The minimum absolute atomic E-state index is 0. The maximum Gasteiger partial charge on any atom is 0 e. The molecule has 0 aromatic carbocycles. The fraction of sp³-hybridized carbons (Fsp3) is 0.952. The minimum Gasteiger partial charge on any atom is -0.676 e. The monoisotopic (exact) mass is 479 g/mol. The van der Waals surface area contributed by atoms with Crippen molar-refractivity contribution in [3.05, 3.63) is 18.1 Å². The normalized spacial score (nSPS) is 15.2. The molecule has 0 amide bonds. The van der Waals surface area contributed by atoms with E-state index in [9.17, 15) is 0 Å². The van der Waals surface area contributed by atoms with Crippen LogP contribution in [-0.2, 0) is 0 Å². The van der Waals surface area contributed by atoms with Crippen LogP contribution in [-0.4, -0.2) is 43.3 Å². The van der Waals surface area contributed by atoms with Gasteiger partial charge in [0.15, 0.2) is 0 Å². The summed E-state index contributed by atoms with van der Waals surface area (Å²) in [5, 5.41) is 8.75. The van der Waals surface area contributed by atoms with E-state index < -0.39 is 0 Å². The van der Waals surface area contributed by atoms with Gasteiger partial charge >= 0.3 is 0 Å². The van der Waals surface area contributed by atoms with Crippen LogP contribution in [0, 0.1) is 48.9 Å². The van der Waals surface area contributed by atoms with Gasteiger partial charge in [-0.05, 0) is 33.0 Å². The van der Waals surface area contributed by atoms with Gasteiger partial charge in [0.25, 0.3) is 0 Å². The Balaban J connectivity index is -0.000000360. The van der Waals surface area contributed by atoms with Crippen LogP contribution in [0.5, 0.6) is 0 Å². The Kier molecular flexibility index (Phi) is 19.8. The van der Waals surface area contributed by atoms with E-state index in [0.717, 1.165) is 5.92 Å². The zero-order valence-electron chi connectivity index (χ0n) is 18.9. The van der Waals surface area contributed by atoms with Crippen molar-refractivity contribution >= 4 is 0 Å². The van der Waals surface area contributed by atoms with Crippen molar-refractivity contribution in [2.24, 2.45) is 5.92 Å². The van der Waals surface area contributed by atoms with Crippen LogP contribution in [0.25, 0.3) is 10.6 Å². The summed E-state index contributed by atoms with van der Waals surface area (Å²) >= 11 is 0. The maximum atomic E-state index is 4.38. The van der Waals surface area contributed by atoms with E-state index in [-0.39, 0.29) is 54.1 Å². The molecule has 1 rings (SSSR count). The zero-order chi connectivity index (χ0) is 17.9. The van der Waals surface area contributed by atoms with Crippen molar-refractivity contribution in [2.45, 2.75) is 97.6 Å². The maximum absolute atomic E-state index is 4.38. The third-order valence-corrected chi connectivity index (χ3v) is 4.03. The second kappa shape index (κ2) is 16.1. The summed E-state index contributed by atoms with van der Waals surface area (Å²) in [5.74, 6) is 1.09. The van der Waals surface area contributed by atoms with Crippen LogP contribution >= 0.6 is 0 Å². The first-order valence-corrected chi connectivity index (χ1v) is 9.52. The van der Waals surface area contributed by atoms with Gasteiger partial charge in [0, 0.05) is 35.6 Å². The Labute approximate surface area is 188 Å². The van der Waals surface area contributed by atoms with Crippen molar-refractivity contribution in [1.29, 1.82) is 0 Å². The van der Waals surface area contributed by atoms with Crippen LogP contribution in [0.2, 0.25) is 0 Å². The summed E-state index contributed by atoms with van der Waals surface area (Å²) in [5.41, 5.74) is 0.101. The van der Waals surface area contributed by atoms with E-state index >= 15 is 0 Å². The van der Waals surface area contributed by atoms with Gasteiger partial charge in [0.05, 0.1) is 0 Å². The Morgan fingerprint density at radius 1 is 0.840 bits per heavy atom. The first kappa shape index (κ1) is 30.8. The molecule has 1 aliphatic rings. The van der Waals surface area contributed by atoms with Crippen LogP contribution in [0.3, 0.4) is 0 Å². The fourth-order valence-corrected chi connectivity index (χ4v) is 2.62.